The molecule has 1 unspecified atom stereocenters. The van der Waals surface area contributed by atoms with E-state index >= 15 is 0 Å². The van der Waals surface area contributed by atoms with Gasteiger partial charge in [-0.3, -0.25) is 4.79 Å². The fourth-order valence-corrected chi connectivity index (χ4v) is 5.78. The minimum Gasteiger partial charge on any atom is -0.489 e. The number of rotatable bonds is 9. The van der Waals surface area contributed by atoms with Crippen molar-refractivity contribution in [2.75, 3.05) is 26.3 Å². The van der Waals surface area contributed by atoms with Crippen LogP contribution >= 0.6 is 11.6 Å². The number of halogens is 1. The lowest BCUT2D eigenvalue weighted by Crippen LogP contribution is -2.47. The molecule has 0 spiro atoms. The highest BCUT2D eigenvalue weighted by atomic mass is 35.5. The van der Waals surface area contributed by atoms with Crippen LogP contribution in [0.1, 0.15) is 71.6 Å². The molecule has 2 aliphatic heterocycles. The van der Waals surface area contributed by atoms with E-state index in [0.717, 1.165) is 36.1 Å². The highest BCUT2D eigenvalue weighted by molar-refractivity contribution is 7.84. The zero-order valence-electron chi connectivity index (χ0n) is 22.4. The predicted molar refractivity (Wildman–Crippen MR) is 145 cm³/mol. The Morgan fingerprint density at radius 1 is 1.36 bits per heavy atom. The van der Waals surface area contributed by atoms with E-state index in [-0.39, 0.29) is 24.5 Å². The Bertz CT molecular complexity index is 970. The quantitative estimate of drug-likeness (QED) is 0.448. The average molecular weight is 541 g/mol. The van der Waals surface area contributed by atoms with Crippen LogP contribution in [0.3, 0.4) is 0 Å². The van der Waals surface area contributed by atoms with Crippen molar-refractivity contribution in [2.45, 2.75) is 83.5 Å². The Kier molecular flexibility index (Phi) is 9.66. The van der Waals surface area contributed by atoms with Crippen LogP contribution in [0, 0.1) is 5.92 Å². The monoisotopic (exact) mass is 540 g/mol. The lowest BCUT2D eigenvalue weighted by Gasteiger charge is -2.38. The summed E-state index contributed by atoms with van der Waals surface area (Å²) in [6.45, 7) is 17.1. The molecule has 3 atom stereocenters. The molecular weight excluding hydrogens is 500 g/mol. The smallest absolute Gasteiger partial charge is 0.254 e. The van der Waals surface area contributed by atoms with Gasteiger partial charge in [0.25, 0.3) is 5.91 Å². The lowest BCUT2D eigenvalue weighted by molar-refractivity contribution is -0.161. The second kappa shape index (κ2) is 11.9. The Hall–Kier alpha value is -1.45. The number of hydrogen-bond donors (Lipinski definition) is 1. The first kappa shape index (κ1) is 29.1. The number of ether oxygens (including phenoxy) is 3. The Labute approximate surface area is 223 Å². The van der Waals surface area contributed by atoms with Crippen LogP contribution in [0.15, 0.2) is 24.8 Å². The molecule has 3 rings (SSSR count). The van der Waals surface area contributed by atoms with Crippen molar-refractivity contribution in [3.05, 3.63) is 40.9 Å². The van der Waals surface area contributed by atoms with Gasteiger partial charge in [0.05, 0.1) is 28.4 Å². The van der Waals surface area contributed by atoms with Gasteiger partial charge >= 0.3 is 0 Å². The third-order valence-electron chi connectivity index (χ3n) is 6.65. The Morgan fingerprint density at radius 2 is 2.03 bits per heavy atom. The summed E-state index contributed by atoms with van der Waals surface area (Å²) in [6.07, 6.45) is 3.41. The molecule has 1 aromatic carbocycles. The Morgan fingerprint density at radius 3 is 2.56 bits per heavy atom. The molecule has 1 N–H and O–H groups in total. The van der Waals surface area contributed by atoms with E-state index in [2.05, 4.69) is 18.2 Å². The molecule has 7 nitrogen and oxygen atoms in total. The molecule has 0 saturated carbocycles. The van der Waals surface area contributed by atoms with E-state index in [9.17, 15) is 9.00 Å². The van der Waals surface area contributed by atoms with Crippen LogP contribution in [-0.4, -0.2) is 58.0 Å². The molecule has 2 saturated heterocycles. The third-order valence-corrected chi connectivity index (χ3v) is 8.58. The summed E-state index contributed by atoms with van der Waals surface area (Å²) in [5, 5.41) is 0.667. The summed E-state index contributed by atoms with van der Waals surface area (Å²) in [6, 6.07) is 3.67. The molecule has 0 aliphatic carbocycles. The van der Waals surface area contributed by atoms with Crippen LogP contribution in [0.2, 0.25) is 5.02 Å². The minimum absolute atomic E-state index is 0.0350. The number of nitrogens with zero attached hydrogens (tertiary/aromatic N) is 1. The number of aryl methyl sites for hydroxylation is 1. The number of carbonyl (C=O) groups is 1. The van der Waals surface area contributed by atoms with Gasteiger partial charge in [-0.15, -0.1) is 0 Å². The number of likely N-dealkylation sites (tertiary alicyclic amines) is 1. The van der Waals surface area contributed by atoms with Crippen LogP contribution < -0.4 is 9.46 Å². The summed E-state index contributed by atoms with van der Waals surface area (Å²) in [4.78, 5) is 14.9. The minimum atomic E-state index is -1.31. The standard InChI is InChI=1S/C27H41ClN2O5S/c1-8-14-33-22-15-18(9-2)21(28)16-20(22)24(29-36(32)26(3,4)5)19-10-12-30(13-11-19)25(31)23-17-34-27(6,7)35-23/h8,15-16,19,23-24,29H,1,9-14,17H2,2-7H3/t23-,24?,36+/m1/s1. The van der Waals surface area contributed by atoms with Crippen molar-refractivity contribution < 1.29 is 23.2 Å². The zero-order valence-corrected chi connectivity index (χ0v) is 24.0. The number of piperidine rings is 1. The van der Waals surface area contributed by atoms with Gasteiger partial charge in [-0.1, -0.05) is 31.2 Å². The summed E-state index contributed by atoms with van der Waals surface area (Å²) < 4.78 is 33.6. The first-order valence-corrected chi connectivity index (χ1v) is 14.2. The lowest BCUT2D eigenvalue weighted by atomic mass is 9.85. The van der Waals surface area contributed by atoms with Gasteiger partial charge in [0.1, 0.15) is 12.4 Å². The first-order valence-electron chi connectivity index (χ1n) is 12.7. The summed E-state index contributed by atoms with van der Waals surface area (Å²) in [7, 11) is -1.31. The molecule has 2 aliphatic rings. The van der Waals surface area contributed by atoms with E-state index in [1.165, 1.54) is 0 Å². The topological polar surface area (TPSA) is 77.1 Å². The van der Waals surface area contributed by atoms with Crippen molar-refractivity contribution in [1.29, 1.82) is 0 Å². The van der Waals surface area contributed by atoms with E-state index < -0.39 is 27.6 Å². The molecule has 0 radical (unpaired) electrons. The largest absolute Gasteiger partial charge is 0.489 e. The SMILES string of the molecule is C=CCOc1cc(CC)c(Cl)cc1C(N[S@@](=O)C(C)(C)C)C1CCN(C(=O)[C@H]2COC(C)(C)O2)CC1. The highest BCUT2D eigenvalue weighted by Gasteiger charge is 2.41. The van der Waals surface area contributed by atoms with Crippen LogP contribution in [0.4, 0.5) is 0 Å². The van der Waals surface area contributed by atoms with Crippen LogP contribution in [0.25, 0.3) is 0 Å². The summed E-state index contributed by atoms with van der Waals surface area (Å²) >= 11 is 6.65. The van der Waals surface area contributed by atoms with Gasteiger partial charge in [-0.25, -0.2) is 8.93 Å². The van der Waals surface area contributed by atoms with Gasteiger partial charge in [0.2, 0.25) is 0 Å². The fourth-order valence-electron chi connectivity index (χ4n) is 4.57. The van der Waals surface area contributed by atoms with Crippen LogP contribution in [0.5, 0.6) is 5.75 Å². The van der Waals surface area contributed by atoms with Crippen molar-refractivity contribution in [3.8, 4) is 5.75 Å². The van der Waals surface area contributed by atoms with Crippen molar-refractivity contribution in [2.24, 2.45) is 5.92 Å². The van der Waals surface area contributed by atoms with Gasteiger partial charge in [0, 0.05) is 23.7 Å². The van der Waals surface area contributed by atoms with Crippen LogP contribution in [-0.2, 0) is 31.7 Å². The maximum Gasteiger partial charge on any atom is 0.254 e. The maximum absolute atomic E-state index is 13.2. The predicted octanol–water partition coefficient (Wildman–Crippen LogP) is 4.95. The zero-order chi connectivity index (χ0) is 26.7. The number of amides is 1. The molecular formula is C27H41ClN2O5S. The second-order valence-corrected chi connectivity index (χ2v) is 13.3. The number of hydrogen-bond acceptors (Lipinski definition) is 5. The molecule has 0 aromatic heterocycles. The first-order chi connectivity index (χ1) is 16.9. The molecule has 202 valence electrons. The summed E-state index contributed by atoms with van der Waals surface area (Å²) in [5.74, 6) is 0.0762. The van der Waals surface area contributed by atoms with E-state index in [0.29, 0.717) is 24.7 Å². The van der Waals surface area contributed by atoms with Crippen molar-refractivity contribution in [3.63, 3.8) is 0 Å². The van der Waals surface area contributed by atoms with Gasteiger partial charge in [0.15, 0.2) is 11.9 Å². The van der Waals surface area contributed by atoms with E-state index in [1.54, 1.807) is 6.08 Å². The van der Waals surface area contributed by atoms with Crippen molar-refractivity contribution >= 4 is 28.5 Å². The highest BCUT2D eigenvalue weighted by Crippen LogP contribution is 2.40. The fraction of sp³-hybridized carbons (Fsp3) is 0.667. The van der Waals surface area contributed by atoms with E-state index in [4.69, 9.17) is 25.8 Å². The molecule has 9 heteroatoms. The number of nitrogens with one attached hydrogen (secondary N) is 1. The average Bonchev–Trinajstić information content (AvgIpc) is 3.20. The number of benzene rings is 1. The van der Waals surface area contributed by atoms with Gasteiger partial charge in [-0.2, -0.15) is 0 Å². The molecule has 2 fully saturated rings. The molecule has 36 heavy (non-hydrogen) atoms. The number of carbonyl (C=O) groups excluding carboxylic acids is 1. The second-order valence-electron chi connectivity index (χ2n) is 10.9. The molecule has 2 heterocycles. The third kappa shape index (κ3) is 7.10. The molecule has 1 amide bonds. The van der Waals surface area contributed by atoms with E-state index in [1.807, 2.05) is 51.7 Å². The normalized spacial score (nSPS) is 22.3. The Balaban J connectivity index is 1.85. The van der Waals surface area contributed by atoms with Gasteiger partial charge in [-0.05, 0) is 77.5 Å². The van der Waals surface area contributed by atoms with Gasteiger partial charge < -0.3 is 19.1 Å². The molecule has 0 bridgehead atoms. The maximum atomic E-state index is 13.2. The molecule has 1 aromatic rings. The van der Waals surface area contributed by atoms with Crippen molar-refractivity contribution in [1.82, 2.24) is 9.62 Å². The summed E-state index contributed by atoms with van der Waals surface area (Å²) in [5.41, 5.74) is 1.88.